The van der Waals surface area contributed by atoms with Crippen molar-refractivity contribution in [2.45, 2.75) is 12.6 Å². The Balaban J connectivity index is 1.54. The second kappa shape index (κ2) is 9.94. The molecule has 1 aliphatic heterocycles. The van der Waals surface area contributed by atoms with Gasteiger partial charge in [0.2, 0.25) is 5.95 Å². The molecule has 0 unspecified atom stereocenters. The van der Waals surface area contributed by atoms with Gasteiger partial charge in [0, 0.05) is 10.0 Å². The first-order valence-corrected chi connectivity index (χ1v) is 10.6. The predicted octanol–water partition coefficient (Wildman–Crippen LogP) is 3.37. The van der Waals surface area contributed by atoms with Crippen molar-refractivity contribution in [1.29, 1.82) is 0 Å². The number of esters is 2. The molecule has 2 N–H and O–H groups in total. The SMILES string of the molecule is Nc1ncn([C@@H]2CC(OC(=O)c3ccc(Cl)cc3)=C(COC(=O)c3ccc(Cl)cc3)O2)c(=O)n1. The number of nitrogens with two attached hydrogens (primary N) is 1. The summed E-state index contributed by atoms with van der Waals surface area (Å²) in [6.07, 6.45) is 0.196. The summed E-state index contributed by atoms with van der Waals surface area (Å²) in [6.45, 7) is -0.355. The topological polar surface area (TPSA) is 136 Å². The first kappa shape index (κ1) is 23.3. The first-order valence-electron chi connectivity index (χ1n) is 9.80. The summed E-state index contributed by atoms with van der Waals surface area (Å²) >= 11 is 11.7. The lowest BCUT2D eigenvalue weighted by atomic mass is 10.2. The highest BCUT2D eigenvalue weighted by atomic mass is 35.5. The standard InChI is InChI=1S/C22H16Cl2N4O6/c23-14-5-1-12(2-6-14)19(29)32-10-17-16(34-20(30)13-3-7-15(24)8-4-13)9-18(33-17)28-11-26-21(25)27-22(28)31/h1-8,11,18H,9-10H2,(H2,25,27,31)/t18-/m0/s1. The molecule has 0 bridgehead atoms. The van der Waals surface area contributed by atoms with E-state index in [4.69, 9.17) is 43.1 Å². The third-order valence-electron chi connectivity index (χ3n) is 4.72. The molecule has 0 saturated heterocycles. The zero-order valence-electron chi connectivity index (χ0n) is 17.3. The Labute approximate surface area is 202 Å². The minimum absolute atomic E-state index is 0.0274. The van der Waals surface area contributed by atoms with Gasteiger partial charge in [0.1, 0.15) is 6.33 Å². The molecule has 2 heterocycles. The Morgan fingerprint density at radius 1 is 1.03 bits per heavy atom. The van der Waals surface area contributed by atoms with Crippen molar-refractivity contribution in [3.63, 3.8) is 0 Å². The van der Waals surface area contributed by atoms with Gasteiger partial charge in [-0.05, 0) is 48.5 Å². The summed E-state index contributed by atoms with van der Waals surface area (Å²) in [5, 5.41) is 0.923. The molecule has 10 nitrogen and oxygen atoms in total. The smallest absolute Gasteiger partial charge is 0.355 e. The molecule has 3 aromatic rings. The van der Waals surface area contributed by atoms with Crippen LogP contribution in [0.3, 0.4) is 0 Å². The molecule has 174 valence electrons. The molecule has 0 spiro atoms. The van der Waals surface area contributed by atoms with Crippen LogP contribution in [0, 0.1) is 0 Å². The fraction of sp³-hybridized carbons (Fsp3) is 0.136. The number of benzene rings is 2. The quantitative estimate of drug-likeness (QED) is 0.502. The highest BCUT2D eigenvalue weighted by Gasteiger charge is 2.32. The van der Waals surface area contributed by atoms with Gasteiger partial charge in [-0.2, -0.15) is 4.98 Å². The van der Waals surface area contributed by atoms with Crippen molar-refractivity contribution in [2.24, 2.45) is 0 Å². The number of ether oxygens (including phenoxy) is 3. The number of nitrogens with zero attached hydrogens (tertiary/aromatic N) is 3. The van der Waals surface area contributed by atoms with E-state index in [1.165, 1.54) is 24.3 Å². The number of nitrogen functional groups attached to an aromatic ring is 1. The maximum atomic E-state index is 12.6. The fourth-order valence-corrected chi connectivity index (χ4v) is 3.27. The molecule has 4 rings (SSSR count). The summed E-state index contributed by atoms with van der Waals surface area (Å²) < 4.78 is 17.7. The van der Waals surface area contributed by atoms with Gasteiger partial charge >= 0.3 is 17.6 Å². The largest absolute Gasteiger partial charge is 0.467 e. The highest BCUT2D eigenvalue weighted by Crippen LogP contribution is 2.33. The van der Waals surface area contributed by atoms with Gasteiger partial charge in [-0.1, -0.05) is 23.2 Å². The number of carbonyl (C=O) groups excluding carboxylic acids is 2. The summed E-state index contributed by atoms with van der Waals surface area (Å²) in [4.78, 5) is 44.6. The minimum Gasteiger partial charge on any atom is -0.467 e. The van der Waals surface area contributed by atoms with E-state index in [2.05, 4.69) is 9.97 Å². The van der Waals surface area contributed by atoms with Gasteiger partial charge in [0.05, 0.1) is 17.5 Å². The second-order valence-corrected chi connectivity index (χ2v) is 7.88. The minimum atomic E-state index is -0.939. The van der Waals surface area contributed by atoms with E-state index in [-0.39, 0.29) is 41.6 Å². The van der Waals surface area contributed by atoms with Crippen molar-refractivity contribution in [2.75, 3.05) is 12.3 Å². The summed E-state index contributed by atoms with van der Waals surface area (Å²) in [6, 6.07) is 12.2. The van der Waals surface area contributed by atoms with Gasteiger partial charge in [-0.15, -0.1) is 0 Å². The van der Waals surface area contributed by atoms with Crippen molar-refractivity contribution in [1.82, 2.24) is 14.5 Å². The number of hydrogen-bond acceptors (Lipinski definition) is 9. The molecule has 2 aromatic carbocycles. The summed E-state index contributed by atoms with van der Waals surface area (Å²) in [7, 11) is 0. The van der Waals surface area contributed by atoms with Gasteiger partial charge in [-0.25, -0.2) is 23.9 Å². The summed E-state index contributed by atoms with van der Waals surface area (Å²) in [5.41, 5.74) is 5.24. The zero-order chi connectivity index (χ0) is 24.2. The van der Waals surface area contributed by atoms with Crippen LogP contribution in [0.2, 0.25) is 10.0 Å². The van der Waals surface area contributed by atoms with E-state index in [1.54, 1.807) is 24.3 Å². The van der Waals surface area contributed by atoms with E-state index < -0.39 is 23.9 Å². The van der Waals surface area contributed by atoms with Crippen molar-refractivity contribution in [3.8, 4) is 0 Å². The first-order chi connectivity index (χ1) is 16.3. The molecule has 0 aliphatic carbocycles. The summed E-state index contributed by atoms with van der Waals surface area (Å²) in [5.74, 6) is -1.39. The van der Waals surface area contributed by atoms with Gasteiger partial charge in [0.15, 0.2) is 24.4 Å². The van der Waals surface area contributed by atoms with Crippen molar-refractivity contribution < 1.29 is 23.8 Å². The Morgan fingerprint density at radius 3 is 2.21 bits per heavy atom. The third kappa shape index (κ3) is 5.36. The average molecular weight is 503 g/mol. The Hall–Kier alpha value is -3.89. The average Bonchev–Trinajstić information content (AvgIpc) is 3.20. The molecule has 0 saturated carbocycles. The monoisotopic (exact) mass is 502 g/mol. The fourth-order valence-electron chi connectivity index (χ4n) is 3.02. The maximum absolute atomic E-state index is 12.6. The molecular formula is C22H16Cl2N4O6. The molecule has 12 heteroatoms. The Bertz CT molecular complexity index is 1320. The van der Waals surface area contributed by atoms with Crippen LogP contribution in [0.5, 0.6) is 0 Å². The van der Waals surface area contributed by atoms with Crippen LogP contribution in [0.25, 0.3) is 0 Å². The van der Waals surface area contributed by atoms with Crippen LogP contribution in [-0.2, 0) is 14.2 Å². The number of anilines is 1. The lowest BCUT2D eigenvalue weighted by Gasteiger charge is -2.14. The van der Waals surface area contributed by atoms with Gasteiger partial charge < -0.3 is 19.9 Å². The molecule has 1 aromatic heterocycles. The molecule has 0 radical (unpaired) electrons. The third-order valence-corrected chi connectivity index (χ3v) is 5.22. The number of rotatable bonds is 6. The van der Waals surface area contributed by atoms with Crippen molar-refractivity contribution in [3.05, 3.63) is 98.0 Å². The number of carbonyl (C=O) groups is 2. The Kier molecular flexibility index (Phi) is 6.80. The van der Waals surface area contributed by atoms with Gasteiger partial charge in [-0.3, -0.25) is 0 Å². The number of hydrogen-bond donors (Lipinski definition) is 1. The van der Waals surface area contributed by atoms with Crippen LogP contribution in [0.1, 0.15) is 33.4 Å². The van der Waals surface area contributed by atoms with Crippen LogP contribution in [0.15, 0.2) is 71.2 Å². The van der Waals surface area contributed by atoms with E-state index >= 15 is 0 Å². The number of aromatic nitrogens is 3. The Morgan fingerprint density at radius 2 is 1.62 bits per heavy atom. The van der Waals surface area contributed by atoms with Crippen LogP contribution in [0.4, 0.5) is 5.95 Å². The zero-order valence-corrected chi connectivity index (χ0v) is 18.8. The molecule has 1 aliphatic rings. The second-order valence-electron chi connectivity index (χ2n) is 7.01. The van der Waals surface area contributed by atoms with E-state index in [1.807, 2.05) is 0 Å². The van der Waals surface area contributed by atoms with Crippen LogP contribution < -0.4 is 11.4 Å². The normalized spacial score (nSPS) is 15.1. The van der Waals surface area contributed by atoms with Crippen molar-refractivity contribution >= 4 is 41.1 Å². The molecule has 1 atom stereocenters. The molecular weight excluding hydrogens is 487 g/mol. The van der Waals surface area contributed by atoms with E-state index in [0.29, 0.717) is 10.0 Å². The van der Waals surface area contributed by atoms with E-state index in [9.17, 15) is 14.4 Å². The van der Waals surface area contributed by atoms with E-state index in [0.717, 1.165) is 10.9 Å². The maximum Gasteiger partial charge on any atom is 0.355 e. The molecule has 34 heavy (non-hydrogen) atoms. The lowest BCUT2D eigenvalue weighted by Crippen LogP contribution is -2.28. The molecule has 0 amide bonds. The van der Waals surface area contributed by atoms with Crippen LogP contribution >= 0.6 is 23.2 Å². The van der Waals surface area contributed by atoms with Crippen LogP contribution in [-0.4, -0.2) is 33.1 Å². The highest BCUT2D eigenvalue weighted by molar-refractivity contribution is 6.31. The number of halogens is 2. The van der Waals surface area contributed by atoms with Gasteiger partial charge in [0.25, 0.3) is 0 Å². The predicted molar refractivity (Wildman–Crippen MR) is 121 cm³/mol. The lowest BCUT2D eigenvalue weighted by molar-refractivity contribution is 0.0304. The molecule has 0 fully saturated rings.